The lowest BCUT2D eigenvalue weighted by Gasteiger charge is -2.08. The Bertz CT molecular complexity index is 543. The topological polar surface area (TPSA) is 64.9 Å². The molecule has 102 valence electrons. The zero-order chi connectivity index (χ0) is 13.7. The smallest absolute Gasteiger partial charge is 0.158 e. The molecule has 7 heteroatoms. The van der Waals surface area contributed by atoms with E-state index in [0.717, 1.165) is 5.82 Å². The molecule has 19 heavy (non-hydrogen) atoms. The van der Waals surface area contributed by atoms with Gasteiger partial charge in [-0.2, -0.15) is 0 Å². The number of nitrogens with zero attached hydrogens (tertiary/aromatic N) is 4. The molecule has 0 aliphatic carbocycles. The summed E-state index contributed by atoms with van der Waals surface area (Å²) in [6, 6.07) is 1.68. The van der Waals surface area contributed by atoms with E-state index in [-0.39, 0.29) is 0 Å². The standard InChI is InChI=1S/C12H16ClN5O/c1-3-19-8-11-16-9(13)6-10(17-11)15-7-12-14-4-5-18(12)2/h4-6H,3,7-8H2,1-2H3,(H,15,16,17). The number of halogens is 1. The Labute approximate surface area is 116 Å². The lowest BCUT2D eigenvalue weighted by molar-refractivity contribution is 0.128. The van der Waals surface area contributed by atoms with Crippen LogP contribution in [0.5, 0.6) is 0 Å². The van der Waals surface area contributed by atoms with Gasteiger partial charge in [0.25, 0.3) is 0 Å². The Kier molecular flexibility index (Phi) is 4.70. The van der Waals surface area contributed by atoms with Crippen molar-refractivity contribution in [3.8, 4) is 0 Å². The number of ether oxygens (including phenoxy) is 1. The summed E-state index contributed by atoms with van der Waals surface area (Å²) in [7, 11) is 1.94. The van der Waals surface area contributed by atoms with Crippen LogP contribution in [0, 0.1) is 0 Å². The second-order valence-electron chi connectivity index (χ2n) is 3.94. The SMILES string of the molecule is CCOCc1nc(Cl)cc(NCc2nccn2C)n1. The number of aryl methyl sites for hydroxylation is 1. The molecule has 0 fully saturated rings. The normalized spacial score (nSPS) is 10.7. The van der Waals surface area contributed by atoms with Crippen LogP contribution >= 0.6 is 11.6 Å². The minimum atomic E-state index is 0.355. The van der Waals surface area contributed by atoms with E-state index in [0.29, 0.717) is 36.6 Å². The first-order valence-electron chi connectivity index (χ1n) is 6.00. The van der Waals surface area contributed by atoms with Crippen molar-refractivity contribution < 1.29 is 4.74 Å². The van der Waals surface area contributed by atoms with Crippen LogP contribution in [0.4, 0.5) is 5.82 Å². The number of nitrogens with one attached hydrogen (secondary N) is 1. The molecule has 0 unspecified atom stereocenters. The third-order valence-electron chi connectivity index (χ3n) is 2.53. The zero-order valence-electron chi connectivity index (χ0n) is 10.9. The Hall–Kier alpha value is -1.66. The van der Waals surface area contributed by atoms with E-state index in [4.69, 9.17) is 16.3 Å². The lowest BCUT2D eigenvalue weighted by atomic mass is 10.5. The second kappa shape index (κ2) is 6.49. The van der Waals surface area contributed by atoms with Gasteiger partial charge in [-0.25, -0.2) is 15.0 Å². The van der Waals surface area contributed by atoms with Crippen LogP contribution in [-0.4, -0.2) is 26.1 Å². The van der Waals surface area contributed by atoms with Crippen molar-refractivity contribution in [2.24, 2.45) is 7.05 Å². The highest BCUT2D eigenvalue weighted by Gasteiger charge is 2.05. The molecule has 2 aromatic heterocycles. The van der Waals surface area contributed by atoms with Gasteiger partial charge in [-0.3, -0.25) is 0 Å². The maximum atomic E-state index is 5.95. The highest BCUT2D eigenvalue weighted by Crippen LogP contribution is 2.13. The monoisotopic (exact) mass is 281 g/mol. The van der Waals surface area contributed by atoms with Gasteiger partial charge in [-0.15, -0.1) is 0 Å². The van der Waals surface area contributed by atoms with E-state index >= 15 is 0 Å². The number of rotatable bonds is 6. The number of aromatic nitrogens is 4. The van der Waals surface area contributed by atoms with Crippen molar-refractivity contribution in [1.29, 1.82) is 0 Å². The van der Waals surface area contributed by atoms with Crippen molar-refractivity contribution in [1.82, 2.24) is 19.5 Å². The Balaban J connectivity index is 2.03. The third kappa shape index (κ3) is 3.90. The molecule has 0 amide bonds. The molecule has 0 radical (unpaired) electrons. The molecule has 0 spiro atoms. The molecule has 0 atom stereocenters. The van der Waals surface area contributed by atoms with Gasteiger partial charge in [0.2, 0.25) is 0 Å². The summed E-state index contributed by atoms with van der Waals surface area (Å²) in [4.78, 5) is 12.7. The van der Waals surface area contributed by atoms with Crippen molar-refractivity contribution in [3.05, 3.63) is 35.3 Å². The van der Waals surface area contributed by atoms with Gasteiger partial charge in [-0.1, -0.05) is 11.6 Å². The maximum absolute atomic E-state index is 5.95. The molecule has 1 N–H and O–H groups in total. The molecule has 2 aromatic rings. The van der Waals surface area contributed by atoms with Crippen LogP contribution in [0.15, 0.2) is 18.5 Å². The van der Waals surface area contributed by atoms with E-state index in [1.165, 1.54) is 0 Å². The fourth-order valence-electron chi connectivity index (χ4n) is 1.55. The second-order valence-corrected chi connectivity index (χ2v) is 4.32. The fraction of sp³-hybridized carbons (Fsp3) is 0.417. The highest BCUT2D eigenvalue weighted by molar-refractivity contribution is 6.29. The summed E-state index contributed by atoms with van der Waals surface area (Å²) < 4.78 is 7.21. The largest absolute Gasteiger partial charge is 0.374 e. The predicted molar refractivity (Wildman–Crippen MR) is 72.9 cm³/mol. The molecule has 2 rings (SSSR count). The van der Waals surface area contributed by atoms with Gasteiger partial charge >= 0.3 is 0 Å². The van der Waals surface area contributed by atoms with E-state index in [1.54, 1.807) is 12.3 Å². The molecule has 0 bridgehead atoms. The average molecular weight is 282 g/mol. The molecule has 0 saturated heterocycles. The average Bonchev–Trinajstić information content (AvgIpc) is 2.79. The van der Waals surface area contributed by atoms with Gasteiger partial charge in [-0.05, 0) is 6.92 Å². The van der Waals surface area contributed by atoms with Crippen molar-refractivity contribution in [2.75, 3.05) is 11.9 Å². The first kappa shape index (κ1) is 13.8. The van der Waals surface area contributed by atoms with Crippen LogP contribution in [-0.2, 0) is 24.9 Å². The Morgan fingerprint density at radius 3 is 2.95 bits per heavy atom. The molecule has 0 aliphatic heterocycles. The molecule has 2 heterocycles. The highest BCUT2D eigenvalue weighted by atomic mass is 35.5. The number of anilines is 1. The molecular weight excluding hydrogens is 266 g/mol. The Morgan fingerprint density at radius 2 is 2.26 bits per heavy atom. The van der Waals surface area contributed by atoms with Crippen molar-refractivity contribution in [3.63, 3.8) is 0 Å². The fourth-order valence-corrected chi connectivity index (χ4v) is 1.75. The number of hydrogen-bond donors (Lipinski definition) is 1. The molecule has 0 saturated carbocycles. The third-order valence-corrected chi connectivity index (χ3v) is 2.72. The van der Waals surface area contributed by atoms with E-state index in [9.17, 15) is 0 Å². The van der Waals surface area contributed by atoms with Gasteiger partial charge in [0.15, 0.2) is 5.82 Å². The molecule has 0 aromatic carbocycles. The summed E-state index contributed by atoms with van der Waals surface area (Å²) in [5.74, 6) is 2.15. The van der Waals surface area contributed by atoms with Gasteiger partial charge in [0, 0.05) is 32.1 Å². The van der Waals surface area contributed by atoms with Crippen molar-refractivity contribution in [2.45, 2.75) is 20.1 Å². The number of hydrogen-bond acceptors (Lipinski definition) is 5. The van der Waals surface area contributed by atoms with E-state index < -0.39 is 0 Å². The quantitative estimate of drug-likeness (QED) is 0.821. The summed E-state index contributed by atoms with van der Waals surface area (Å²) in [6.07, 6.45) is 3.65. The van der Waals surface area contributed by atoms with Crippen LogP contribution in [0.1, 0.15) is 18.6 Å². The molecular formula is C12H16ClN5O. The lowest BCUT2D eigenvalue weighted by Crippen LogP contribution is -2.09. The molecule has 0 aliphatic rings. The molecule has 6 nitrogen and oxygen atoms in total. The van der Waals surface area contributed by atoms with E-state index in [2.05, 4.69) is 20.3 Å². The number of imidazole rings is 1. The Morgan fingerprint density at radius 1 is 1.42 bits per heavy atom. The zero-order valence-corrected chi connectivity index (χ0v) is 11.7. The summed E-state index contributed by atoms with van der Waals surface area (Å²) in [6.45, 7) is 3.47. The van der Waals surface area contributed by atoms with Crippen LogP contribution in [0.3, 0.4) is 0 Å². The minimum absolute atomic E-state index is 0.355. The first-order chi connectivity index (χ1) is 9.19. The summed E-state index contributed by atoms with van der Waals surface area (Å²) in [5, 5.41) is 3.57. The summed E-state index contributed by atoms with van der Waals surface area (Å²) in [5.41, 5.74) is 0. The maximum Gasteiger partial charge on any atom is 0.158 e. The van der Waals surface area contributed by atoms with E-state index in [1.807, 2.05) is 24.7 Å². The summed E-state index contributed by atoms with van der Waals surface area (Å²) >= 11 is 5.95. The van der Waals surface area contributed by atoms with Crippen LogP contribution < -0.4 is 5.32 Å². The van der Waals surface area contributed by atoms with Crippen LogP contribution in [0.2, 0.25) is 5.15 Å². The van der Waals surface area contributed by atoms with Gasteiger partial charge < -0.3 is 14.6 Å². The van der Waals surface area contributed by atoms with Crippen molar-refractivity contribution >= 4 is 17.4 Å². The van der Waals surface area contributed by atoms with Gasteiger partial charge in [0.1, 0.15) is 23.4 Å². The predicted octanol–water partition coefficient (Wildman–Crippen LogP) is 2.01. The van der Waals surface area contributed by atoms with Crippen LogP contribution in [0.25, 0.3) is 0 Å². The first-order valence-corrected chi connectivity index (χ1v) is 6.38. The minimum Gasteiger partial charge on any atom is -0.374 e. The van der Waals surface area contributed by atoms with Gasteiger partial charge in [0.05, 0.1) is 6.54 Å².